The Morgan fingerprint density at radius 2 is 1.94 bits per heavy atom. The molecule has 0 fully saturated rings. The van der Waals surface area contributed by atoms with Crippen molar-refractivity contribution in [3.63, 3.8) is 0 Å². The number of hydrogen-bond donors (Lipinski definition) is 2. The van der Waals surface area contributed by atoms with Crippen molar-refractivity contribution in [3.8, 4) is 5.75 Å². The molecule has 0 spiro atoms. The summed E-state index contributed by atoms with van der Waals surface area (Å²) >= 11 is 3.34. The van der Waals surface area contributed by atoms with E-state index in [2.05, 4.69) is 15.9 Å². The summed E-state index contributed by atoms with van der Waals surface area (Å²) in [7, 11) is -4.11. The first kappa shape index (κ1) is 15.7. The van der Waals surface area contributed by atoms with E-state index in [1.165, 1.54) is 0 Å². The molecule has 6 heteroatoms. The highest BCUT2D eigenvalue weighted by Crippen LogP contribution is 2.42. The van der Waals surface area contributed by atoms with Gasteiger partial charge in [-0.1, -0.05) is 35.8 Å². The molecule has 0 saturated heterocycles. The molecule has 0 aliphatic heterocycles. The molecular weight excluding hydrogens is 319 g/mol. The molecular formula is C12H18BrO4P. The lowest BCUT2D eigenvalue weighted by atomic mass is 9.99. The zero-order chi connectivity index (χ0) is 13.8. The summed E-state index contributed by atoms with van der Waals surface area (Å²) in [5.41, 5.74) is -0.820. The highest BCUT2D eigenvalue weighted by atomic mass is 79.9. The number of benzene rings is 1. The average molecular weight is 337 g/mol. The summed E-state index contributed by atoms with van der Waals surface area (Å²) in [6.45, 7) is 3.74. The molecule has 4 nitrogen and oxygen atoms in total. The van der Waals surface area contributed by atoms with E-state index in [0.717, 1.165) is 4.47 Å². The van der Waals surface area contributed by atoms with Crippen LogP contribution in [0, 0.1) is 0 Å². The SMILES string of the molecule is CCC(CC)(CP(=O)(O)O)Oc1cccc(Br)c1. The standard InChI is InChI=1S/C12H18BrO4P/c1-3-12(4-2,9-18(14,15)16)17-11-7-5-6-10(13)8-11/h5-8H,3-4,9H2,1-2H3,(H2,14,15,16). The molecule has 0 unspecified atom stereocenters. The first-order valence-corrected chi connectivity index (χ1v) is 8.38. The van der Waals surface area contributed by atoms with E-state index in [1.54, 1.807) is 12.1 Å². The predicted octanol–water partition coefficient (Wildman–Crippen LogP) is 3.56. The molecule has 2 N–H and O–H groups in total. The maximum absolute atomic E-state index is 11.2. The van der Waals surface area contributed by atoms with Crippen LogP contribution in [0.25, 0.3) is 0 Å². The number of ether oxygens (including phenoxy) is 1. The van der Waals surface area contributed by atoms with Gasteiger partial charge in [0.2, 0.25) is 0 Å². The second kappa shape index (κ2) is 6.20. The van der Waals surface area contributed by atoms with Gasteiger partial charge < -0.3 is 14.5 Å². The molecule has 0 bridgehead atoms. The minimum absolute atomic E-state index is 0.264. The second-order valence-electron chi connectivity index (χ2n) is 4.27. The lowest BCUT2D eigenvalue weighted by Crippen LogP contribution is -2.38. The fourth-order valence-electron chi connectivity index (χ4n) is 1.81. The van der Waals surface area contributed by atoms with Crippen molar-refractivity contribution in [2.24, 2.45) is 0 Å². The third-order valence-electron chi connectivity index (χ3n) is 2.91. The van der Waals surface area contributed by atoms with Crippen molar-refractivity contribution in [2.75, 3.05) is 6.16 Å². The summed E-state index contributed by atoms with van der Waals surface area (Å²) in [5, 5.41) is 0. The van der Waals surface area contributed by atoms with Crippen LogP contribution >= 0.6 is 23.5 Å². The Balaban J connectivity index is 2.95. The smallest absolute Gasteiger partial charge is 0.329 e. The largest absolute Gasteiger partial charge is 0.487 e. The molecule has 0 heterocycles. The minimum atomic E-state index is -4.11. The van der Waals surface area contributed by atoms with E-state index in [9.17, 15) is 4.57 Å². The Morgan fingerprint density at radius 1 is 1.33 bits per heavy atom. The zero-order valence-electron chi connectivity index (χ0n) is 10.5. The third kappa shape index (κ3) is 4.73. The lowest BCUT2D eigenvalue weighted by molar-refractivity contribution is 0.0780. The molecule has 1 aromatic carbocycles. The Hall–Kier alpha value is -0.350. The van der Waals surface area contributed by atoms with Crippen molar-refractivity contribution in [2.45, 2.75) is 32.3 Å². The van der Waals surface area contributed by atoms with Gasteiger partial charge in [0.25, 0.3) is 0 Å². The molecule has 0 aliphatic rings. The fourth-order valence-corrected chi connectivity index (χ4v) is 3.45. The van der Waals surface area contributed by atoms with Gasteiger partial charge in [0.1, 0.15) is 11.4 Å². The van der Waals surface area contributed by atoms with Gasteiger partial charge in [-0.2, -0.15) is 0 Å². The fraction of sp³-hybridized carbons (Fsp3) is 0.500. The minimum Gasteiger partial charge on any atom is -0.487 e. The number of rotatable bonds is 6. The molecule has 0 aliphatic carbocycles. The van der Waals surface area contributed by atoms with Gasteiger partial charge in [-0.3, -0.25) is 4.57 Å². The van der Waals surface area contributed by atoms with Crippen molar-refractivity contribution in [1.82, 2.24) is 0 Å². The van der Waals surface area contributed by atoms with E-state index in [0.29, 0.717) is 18.6 Å². The van der Waals surface area contributed by atoms with E-state index in [-0.39, 0.29) is 6.16 Å². The van der Waals surface area contributed by atoms with Gasteiger partial charge in [-0.25, -0.2) is 0 Å². The van der Waals surface area contributed by atoms with Crippen LogP contribution in [0.2, 0.25) is 0 Å². The van der Waals surface area contributed by atoms with Gasteiger partial charge in [0.15, 0.2) is 0 Å². The third-order valence-corrected chi connectivity index (χ3v) is 4.39. The van der Waals surface area contributed by atoms with Crippen LogP contribution in [-0.2, 0) is 4.57 Å². The van der Waals surface area contributed by atoms with E-state index < -0.39 is 13.2 Å². The summed E-state index contributed by atoms with van der Waals surface area (Å²) in [5.74, 6) is 0.613. The number of halogens is 1. The van der Waals surface area contributed by atoms with Gasteiger partial charge in [0, 0.05) is 4.47 Å². The van der Waals surface area contributed by atoms with Crippen LogP contribution < -0.4 is 4.74 Å². The normalized spacial score (nSPS) is 12.5. The Morgan fingerprint density at radius 3 is 2.39 bits per heavy atom. The van der Waals surface area contributed by atoms with Gasteiger partial charge in [-0.15, -0.1) is 0 Å². The Bertz CT molecular complexity index is 439. The first-order chi connectivity index (χ1) is 8.30. The van der Waals surface area contributed by atoms with Crippen molar-refractivity contribution in [1.29, 1.82) is 0 Å². The summed E-state index contributed by atoms with van der Waals surface area (Å²) < 4.78 is 17.9. The van der Waals surface area contributed by atoms with Gasteiger partial charge in [-0.05, 0) is 31.0 Å². The topological polar surface area (TPSA) is 66.8 Å². The van der Waals surface area contributed by atoms with Crippen LogP contribution in [0.5, 0.6) is 5.75 Å². The molecule has 0 radical (unpaired) electrons. The highest BCUT2D eigenvalue weighted by Gasteiger charge is 2.36. The molecule has 1 rings (SSSR count). The highest BCUT2D eigenvalue weighted by molar-refractivity contribution is 9.10. The maximum Gasteiger partial charge on any atom is 0.329 e. The molecule has 102 valence electrons. The molecule has 0 saturated carbocycles. The molecule has 1 aromatic rings. The van der Waals surface area contributed by atoms with Crippen LogP contribution in [0.4, 0.5) is 0 Å². The molecule has 0 aromatic heterocycles. The Labute approximate surface area is 116 Å². The average Bonchev–Trinajstić information content (AvgIpc) is 2.26. The van der Waals surface area contributed by atoms with E-state index in [1.807, 2.05) is 26.0 Å². The van der Waals surface area contributed by atoms with Crippen molar-refractivity contribution < 1.29 is 19.1 Å². The molecule has 0 atom stereocenters. The van der Waals surface area contributed by atoms with Crippen LogP contribution in [0.3, 0.4) is 0 Å². The predicted molar refractivity (Wildman–Crippen MR) is 75.0 cm³/mol. The van der Waals surface area contributed by atoms with Gasteiger partial charge >= 0.3 is 7.60 Å². The quantitative estimate of drug-likeness (QED) is 0.779. The van der Waals surface area contributed by atoms with Crippen LogP contribution in [-0.4, -0.2) is 21.5 Å². The van der Waals surface area contributed by atoms with E-state index >= 15 is 0 Å². The van der Waals surface area contributed by atoms with Crippen molar-refractivity contribution >= 4 is 23.5 Å². The van der Waals surface area contributed by atoms with E-state index in [4.69, 9.17) is 14.5 Å². The summed E-state index contributed by atoms with van der Waals surface area (Å²) in [6.07, 6.45) is 0.821. The summed E-state index contributed by atoms with van der Waals surface area (Å²) in [6, 6.07) is 7.27. The first-order valence-electron chi connectivity index (χ1n) is 5.79. The number of hydrogen-bond acceptors (Lipinski definition) is 2. The lowest BCUT2D eigenvalue weighted by Gasteiger charge is -2.32. The second-order valence-corrected chi connectivity index (χ2v) is 6.83. The van der Waals surface area contributed by atoms with Crippen molar-refractivity contribution in [3.05, 3.63) is 28.7 Å². The monoisotopic (exact) mass is 336 g/mol. The molecule has 18 heavy (non-hydrogen) atoms. The van der Waals surface area contributed by atoms with Crippen LogP contribution in [0.15, 0.2) is 28.7 Å². The maximum atomic E-state index is 11.2. The zero-order valence-corrected chi connectivity index (χ0v) is 12.9. The summed E-state index contributed by atoms with van der Waals surface area (Å²) in [4.78, 5) is 18.3. The van der Waals surface area contributed by atoms with Gasteiger partial charge in [0.05, 0.1) is 6.16 Å². The Kier molecular flexibility index (Phi) is 5.41. The molecule has 0 amide bonds. The van der Waals surface area contributed by atoms with Crippen LogP contribution in [0.1, 0.15) is 26.7 Å².